The Morgan fingerprint density at radius 3 is 2.24 bits per heavy atom. The number of hydrogen-bond acceptors (Lipinski definition) is 5. The Hall–Kier alpha value is -3.50. The second-order valence-corrected chi connectivity index (χ2v) is 11.0. The number of carbonyl (C=O) groups is 2. The lowest BCUT2D eigenvalue weighted by Crippen LogP contribution is -2.51. The van der Waals surface area contributed by atoms with Crippen molar-refractivity contribution < 1.29 is 24.2 Å². The van der Waals surface area contributed by atoms with Crippen molar-refractivity contribution in [3.63, 3.8) is 0 Å². The summed E-state index contributed by atoms with van der Waals surface area (Å²) in [7, 11) is 0. The van der Waals surface area contributed by atoms with Crippen molar-refractivity contribution in [1.29, 1.82) is 0 Å². The quantitative estimate of drug-likeness (QED) is 0.545. The van der Waals surface area contributed by atoms with Crippen molar-refractivity contribution in [1.82, 2.24) is 9.80 Å². The number of rotatable bonds is 6. The Labute approximate surface area is 219 Å². The van der Waals surface area contributed by atoms with Gasteiger partial charge in [-0.25, -0.2) is 9.59 Å². The van der Waals surface area contributed by atoms with E-state index in [4.69, 9.17) is 9.47 Å². The first-order valence-electron chi connectivity index (χ1n) is 12.8. The van der Waals surface area contributed by atoms with Gasteiger partial charge in [-0.15, -0.1) is 0 Å². The van der Waals surface area contributed by atoms with Crippen LogP contribution in [0.15, 0.2) is 54.6 Å². The number of benzene rings is 2. The van der Waals surface area contributed by atoms with E-state index >= 15 is 0 Å². The van der Waals surface area contributed by atoms with Gasteiger partial charge in [0.2, 0.25) is 0 Å². The van der Waals surface area contributed by atoms with E-state index in [-0.39, 0.29) is 12.1 Å². The maximum Gasteiger partial charge on any atom is 0.411 e. The van der Waals surface area contributed by atoms with Gasteiger partial charge in [0.15, 0.2) is 0 Å². The summed E-state index contributed by atoms with van der Waals surface area (Å²) < 4.78 is 11.1. The molecule has 37 heavy (non-hydrogen) atoms. The zero-order valence-corrected chi connectivity index (χ0v) is 22.3. The van der Waals surface area contributed by atoms with E-state index in [0.717, 1.165) is 16.7 Å². The van der Waals surface area contributed by atoms with Crippen LogP contribution in [0.5, 0.6) is 0 Å². The molecule has 0 aliphatic carbocycles. The number of hydrogen-bond donors (Lipinski definition) is 1. The molecular weight excluding hydrogens is 468 g/mol. The normalized spacial score (nSPS) is 21.1. The molecule has 2 aliphatic rings. The lowest BCUT2D eigenvalue weighted by atomic mass is 9.80. The first-order valence-corrected chi connectivity index (χ1v) is 12.8. The van der Waals surface area contributed by atoms with Crippen molar-refractivity contribution >= 4 is 12.2 Å². The van der Waals surface area contributed by atoms with Crippen LogP contribution in [-0.2, 0) is 15.1 Å². The van der Waals surface area contributed by atoms with E-state index in [1.165, 1.54) is 0 Å². The standard InChI is InChI=1S/C30H36N2O5/c1-22(24-13-11-23(12-14-24)15-16-28(2,3)32-19-20-36-27(32)34)31-18-17-30(37-26(31)33,21-29(4,5)35)25-9-7-6-8-10-25/h6-14,22,35H,17-21H2,1-5H3/t22-,30-/m0/s1. The molecule has 0 saturated carbocycles. The third kappa shape index (κ3) is 5.91. The molecule has 1 N–H and O–H groups in total. The summed E-state index contributed by atoms with van der Waals surface area (Å²) in [6, 6.07) is 17.3. The minimum absolute atomic E-state index is 0.193. The molecule has 2 saturated heterocycles. The largest absolute Gasteiger partial charge is 0.447 e. The maximum absolute atomic E-state index is 13.3. The number of nitrogens with zero attached hydrogens (tertiary/aromatic N) is 2. The van der Waals surface area contributed by atoms with Crippen molar-refractivity contribution in [2.75, 3.05) is 19.7 Å². The molecule has 2 aromatic rings. The van der Waals surface area contributed by atoms with Gasteiger partial charge in [-0.2, -0.15) is 0 Å². The molecule has 196 valence electrons. The van der Waals surface area contributed by atoms with E-state index < -0.39 is 22.8 Å². The zero-order chi connectivity index (χ0) is 26.8. The van der Waals surface area contributed by atoms with Crippen LogP contribution in [0.25, 0.3) is 0 Å². The van der Waals surface area contributed by atoms with Gasteiger partial charge in [-0.05, 0) is 57.9 Å². The highest BCUT2D eigenvalue weighted by Crippen LogP contribution is 2.42. The molecule has 0 radical (unpaired) electrons. The Bertz CT molecular complexity index is 1190. The predicted octanol–water partition coefficient (Wildman–Crippen LogP) is 5.23. The van der Waals surface area contributed by atoms with Crippen LogP contribution >= 0.6 is 0 Å². The molecule has 4 rings (SSSR count). The van der Waals surface area contributed by atoms with Crippen LogP contribution in [0, 0.1) is 11.8 Å². The van der Waals surface area contributed by atoms with E-state index in [1.54, 1.807) is 23.6 Å². The Kier molecular flexibility index (Phi) is 7.25. The van der Waals surface area contributed by atoms with Gasteiger partial charge < -0.3 is 19.5 Å². The van der Waals surface area contributed by atoms with E-state index in [1.807, 2.05) is 75.4 Å². The van der Waals surface area contributed by atoms with Crippen LogP contribution in [0.3, 0.4) is 0 Å². The highest BCUT2D eigenvalue weighted by molar-refractivity contribution is 5.71. The highest BCUT2D eigenvalue weighted by atomic mass is 16.6. The predicted molar refractivity (Wildman–Crippen MR) is 141 cm³/mol. The van der Waals surface area contributed by atoms with E-state index in [0.29, 0.717) is 32.5 Å². The number of cyclic esters (lactones) is 2. The summed E-state index contributed by atoms with van der Waals surface area (Å²) in [4.78, 5) is 28.5. The van der Waals surface area contributed by atoms with Gasteiger partial charge in [0.05, 0.1) is 18.2 Å². The summed E-state index contributed by atoms with van der Waals surface area (Å²) >= 11 is 0. The molecule has 7 heteroatoms. The molecular formula is C30H36N2O5. The van der Waals surface area contributed by atoms with E-state index in [2.05, 4.69) is 11.8 Å². The summed E-state index contributed by atoms with van der Waals surface area (Å²) in [5.41, 5.74) is 0.188. The fraction of sp³-hybridized carbons (Fsp3) is 0.467. The minimum atomic E-state index is -0.996. The van der Waals surface area contributed by atoms with Crippen LogP contribution in [-0.4, -0.2) is 57.9 Å². The molecule has 0 bridgehead atoms. The number of ether oxygens (including phenoxy) is 2. The molecule has 2 atom stereocenters. The Balaban J connectivity index is 1.47. The average molecular weight is 505 g/mol. The summed E-state index contributed by atoms with van der Waals surface area (Å²) in [5, 5.41) is 10.6. The van der Waals surface area contributed by atoms with Crippen LogP contribution in [0.2, 0.25) is 0 Å². The van der Waals surface area contributed by atoms with Crippen molar-refractivity contribution in [3.05, 3.63) is 71.3 Å². The number of amides is 2. The van der Waals surface area contributed by atoms with Gasteiger partial charge in [-0.1, -0.05) is 54.3 Å². The second-order valence-electron chi connectivity index (χ2n) is 11.0. The smallest absolute Gasteiger partial charge is 0.411 e. The van der Waals surface area contributed by atoms with Gasteiger partial charge in [0, 0.05) is 24.9 Å². The topological polar surface area (TPSA) is 79.3 Å². The molecule has 2 aliphatic heterocycles. The van der Waals surface area contributed by atoms with E-state index in [9.17, 15) is 14.7 Å². The van der Waals surface area contributed by atoms with Crippen LogP contribution < -0.4 is 0 Å². The summed E-state index contributed by atoms with van der Waals surface area (Å²) in [6.07, 6.45) is 0.164. The van der Waals surface area contributed by atoms with Crippen molar-refractivity contribution in [3.8, 4) is 11.8 Å². The third-order valence-corrected chi connectivity index (χ3v) is 7.10. The maximum atomic E-state index is 13.3. The van der Waals surface area contributed by atoms with Crippen LogP contribution in [0.1, 0.15) is 70.2 Å². The molecule has 0 unspecified atom stereocenters. The molecule has 0 spiro atoms. The SMILES string of the molecule is C[C@@H](c1ccc(C#CC(C)(C)N2CCOC2=O)cc1)N1CC[C@](CC(C)(C)O)(c2ccccc2)OC1=O. The van der Waals surface area contributed by atoms with Crippen molar-refractivity contribution in [2.24, 2.45) is 0 Å². The monoisotopic (exact) mass is 504 g/mol. The lowest BCUT2D eigenvalue weighted by Gasteiger charge is -2.45. The molecule has 2 fully saturated rings. The van der Waals surface area contributed by atoms with Gasteiger partial charge in [0.1, 0.15) is 17.7 Å². The molecule has 0 aromatic heterocycles. The molecule has 7 nitrogen and oxygen atoms in total. The summed E-state index contributed by atoms with van der Waals surface area (Å²) in [5.74, 6) is 6.34. The Morgan fingerprint density at radius 1 is 1.00 bits per heavy atom. The third-order valence-electron chi connectivity index (χ3n) is 7.10. The Morgan fingerprint density at radius 2 is 1.68 bits per heavy atom. The molecule has 2 amide bonds. The van der Waals surface area contributed by atoms with Crippen LogP contribution in [0.4, 0.5) is 9.59 Å². The fourth-order valence-electron chi connectivity index (χ4n) is 5.11. The van der Waals surface area contributed by atoms with Gasteiger partial charge in [0.25, 0.3) is 0 Å². The van der Waals surface area contributed by atoms with Gasteiger partial charge in [-0.3, -0.25) is 4.90 Å². The number of carbonyl (C=O) groups excluding carboxylic acids is 2. The summed E-state index contributed by atoms with van der Waals surface area (Å²) in [6.45, 7) is 10.7. The lowest BCUT2D eigenvalue weighted by molar-refractivity contribution is -0.101. The minimum Gasteiger partial charge on any atom is -0.447 e. The first kappa shape index (κ1) is 26.6. The number of aliphatic hydroxyl groups is 1. The highest BCUT2D eigenvalue weighted by Gasteiger charge is 2.46. The molecule has 2 aromatic carbocycles. The van der Waals surface area contributed by atoms with Crippen molar-refractivity contribution in [2.45, 2.75) is 70.2 Å². The average Bonchev–Trinajstić information content (AvgIpc) is 3.29. The first-order chi connectivity index (χ1) is 17.4. The van der Waals surface area contributed by atoms with Gasteiger partial charge >= 0.3 is 12.2 Å². The second kappa shape index (κ2) is 10.1. The zero-order valence-electron chi connectivity index (χ0n) is 22.3. The fourth-order valence-corrected chi connectivity index (χ4v) is 5.11. The molecule has 2 heterocycles.